The third-order valence-electron chi connectivity index (χ3n) is 8.35. The average Bonchev–Trinajstić information content (AvgIpc) is 2.92. The Morgan fingerprint density at radius 1 is 0.925 bits per heavy atom. The van der Waals surface area contributed by atoms with E-state index in [1.165, 1.54) is 11.1 Å². The first kappa shape index (κ1) is 30.1. The Kier molecular flexibility index (Phi) is 9.63. The van der Waals surface area contributed by atoms with Gasteiger partial charge in [-0.25, -0.2) is 0 Å². The minimum Gasteiger partial charge on any atom is -0.488 e. The molecule has 5 nitrogen and oxygen atoms in total. The highest BCUT2D eigenvalue weighted by molar-refractivity contribution is 7.86. The largest absolute Gasteiger partial charge is 0.488 e. The summed E-state index contributed by atoms with van der Waals surface area (Å²) in [6.45, 7) is 13.5. The van der Waals surface area contributed by atoms with Gasteiger partial charge in [-0.05, 0) is 107 Å². The first-order chi connectivity index (χ1) is 19.0. The van der Waals surface area contributed by atoms with Crippen LogP contribution >= 0.6 is 0 Å². The van der Waals surface area contributed by atoms with Crippen LogP contribution in [0.3, 0.4) is 0 Å². The molecule has 0 bridgehead atoms. The summed E-state index contributed by atoms with van der Waals surface area (Å²) in [6.07, 6.45) is 5.63. The Morgan fingerprint density at radius 2 is 1.62 bits per heavy atom. The fourth-order valence-corrected chi connectivity index (χ4v) is 6.43. The number of benzene rings is 3. The molecular weight excluding hydrogens is 520 g/mol. The number of rotatable bonds is 12. The van der Waals surface area contributed by atoms with Crippen molar-refractivity contribution in [2.24, 2.45) is 5.92 Å². The summed E-state index contributed by atoms with van der Waals surface area (Å²) in [5.41, 5.74) is 6.72. The van der Waals surface area contributed by atoms with Gasteiger partial charge in [-0.2, -0.15) is 8.42 Å². The SMILES string of the molecule is Cc1ccc(S(=O)(=O)OCC[C@@H](C)CCC[C@]2(C)CCc3c(C)c(OCc4ccccc4)c(C)c(C)c3O2)cc1. The van der Waals surface area contributed by atoms with Crippen molar-refractivity contribution in [3.05, 3.63) is 88.0 Å². The van der Waals surface area contributed by atoms with Crippen molar-refractivity contribution in [3.8, 4) is 11.5 Å². The summed E-state index contributed by atoms with van der Waals surface area (Å²) < 4.78 is 43.2. The predicted molar refractivity (Wildman–Crippen MR) is 161 cm³/mol. The van der Waals surface area contributed by atoms with Crippen LogP contribution in [0.25, 0.3) is 0 Å². The maximum Gasteiger partial charge on any atom is 0.296 e. The Morgan fingerprint density at radius 3 is 2.33 bits per heavy atom. The van der Waals surface area contributed by atoms with Crippen LogP contribution in [0, 0.1) is 33.6 Å². The van der Waals surface area contributed by atoms with Crippen molar-refractivity contribution in [1.29, 1.82) is 0 Å². The molecule has 2 atom stereocenters. The van der Waals surface area contributed by atoms with Crippen LogP contribution < -0.4 is 9.47 Å². The van der Waals surface area contributed by atoms with Gasteiger partial charge >= 0.3 is 0 Å². The Hall–Kier alpha value is -2.83. The number of ether oxygens (including phenoxy) is 2. The molecule has 0 N–H and O–H groups in total. The highest BCUT2D eigenvalue weighted by atomic mass is 32.2. The van der Waals surface area contributed by atoms with Gasteiger partial charge in [0.25, 0.3) is 10.1 Å². The van der Waals surface area contributed by atoms with Crippen LogP contribution in [-0.4, -0.2) is 20.6 Å². The van der Waals surface area contributed by atoms with Gasteiger partial charge in [0, 0.05) is 5.56 Å². The second-order valence-corrected chi connectivity index (χ2v) is 13.3. The first-order valence-corrected chi connectivity index (χ1v) is 15.8. The summed E-state index contributed by atoms with van der Waals surface area (Å²) >= 11 is 0. The van der Waals surface area contributed by atoms with E-state index < -0.39 is 10.1 Å². The lowest BCUT2D eigenvalue weighted by Crippen LogP contribution is -2.37. The highest BCUT2D eigenvalue weighted by Gasteiger charge is 2.34. The normalized spacial score (nSPS) is 17.6. The Labute approximate surface area is 241 Å². The standard InChI is InChI=1S/C34H44O5S/c1-24(19-22-38-40(35,36)30-16-14-25(2)15-17-30)11-10-20-34(6)21-18-31-28(5)32(26(3)27(4)33(31)39-34)37-23-29-12-8-7-9-13-29/h7-9,12-17,24H,10-11,18-23H2,1-6H3/t24-,34+/m0/s1. The Bertz CT molecular complexity index is 1400. The van der Waals surface area contributed by atoms with E-state index in [0.29, 0.717) is 18.9 Å². The van der Waals surface area contributed by atoms with Crippen molar-refractivity contribution in [2.45, 2.75) is 97.2 Å². The number of fused-ring (bicyclic) bond motifs is 1. The molecule has 0 spiro atoms. The summed E-state index contributed by atoms with van der Waals surface area (Å²) in [7, 11) is -3.71. The molecule has 0 radical (unpaired) electrons. The lowest BCUT2D eigenvalue weighted by atomic mass is 9.84. The second-order valence-electron chi connectivity index (χ2n) is 11.7. The van der Waals surface area contributed by atoms with Gasteiger partial charge in [-0.15, -0.1) is 0 Å². The number of hydrogen-bond donors (Lipinski definition) is 0. The summed E-state index contributed by atoms with van der Waals surface area (Å²) in [6, 6.07) is 17.0. The van der Waals surface area contributed by atoms with Gasteiger partial charge < -0.3 is 9.47 Å². The topological polar surface area (TPSA) is 61.8 Å². The van der Waals surface area contributed by atoms with E-state index in [1.807, 2.05) is 25.1 Å². The highest BCUT2D eigenvalue weighted by Crippen LogP contribution is 2.45. The van der Waals surface area contributed by atoms with Crippen LogP contribution in [0.2, 0.25) is 0 Å². The minimum absolute atomic E-state index is 0.199. The van der Waals surface area contributed by atoms with Crippen LogP contribution in [0.1, 0.15) is 79.3 Å². The van der Waals surface area contributed by atoms with E-state index in [-0.39, 0.29) is 17.1 Å². The molecule has 3 aromatic carbocycles. The molecule has 1 heterocycles. The van der Waals surface area contributed by atoms with Crippen LogP contribution in [0.5, 0.6) is 11.5 Å². The maximum absolute atomic E-state index is 12.4. The second kappa shape index (κ2) is 12.8. The van der Waals surface area contributed by atoms with Gasteiger partial charge in [0.1, 0.15) is 23.7 Å². The van der Waals surface area contributed by atoms with Crippen LogP contribution in [-0.2, 0) is 27.3 Å². The lowest BCUT2D eigenvalue weighted by molar-refractivity contribution is 0.0510. The fourth-order valence-electron chi connectivity index (χ4n) is 5.50. The van der Waals surface area contributed by atoms with E-state index >= 15 is 0 Å². The van der Waals surface area contributed by atoms with Crippen molar-refractivity contribution < 1.29 is 22.1 Å². The maximum atomic E-state index is 12.4. The van der Waals surface area contributed by atoms with Crippen molar-refractivity contribution in [2.75, 3.05) is 6.61 Å². The van der Waals surface area contributed by atoms with E-state index in [1.54, 1.807) is 24.3 Å². The zero-order valence-electron chi connectivity index (χ0n) is 24.9. The smallest absolute Gasteiger partial charge is 0.296 e. The molecule has 1 aliphatic heterocycles. The van der Waals surface area contributed by atoms with Crippen molar-refractivity contribution in [1.82, 2.24) is 0 Å². The molecule has 0 amide bonds. The zero-order valence-corrected chi connectivity index (χ0v) is 25.7. The molecular formula is C34H44O5S. The summed E-state index contributed by atoms with van der Waals surface area (Å²) in [4.78, 5) is 0.212. The first-order valence-electron chi connectivity index (χ1n) is 14.4. The van der Waals surface area contributed by atoms with Gasteiger partial charge in [0.15, 0.2) is 0 Å². The van der Waals surface area contributed by atoms with Gasteiger partial charge in [0.2, 0.25) is 0 Å². The van der Waals surface area contributed by atoms with Gasteiger partial charge in [0.05, 0.1) is 11.5 Å². The van der Waals surface area contributed by atoms with Crippen LogP contribution in [0.4, 0.5) is 0 Å². The monoisotopic (exact) mass is 564 g/mol. The quantitative estimate of drug-likeness (QED) is 0.208. The molecule has 0 aromatic heterocycles. The molecule has 3 aromatic rings. The van der Waals surface area contributed by atoms with E-state index in [2.05, 4.69) is 46.8 Å². The molecule has 40 heavy (non-hydrogen) atoms. The summed E-state index contributed by atoms with van der Waals surface area (Å²) in [5.74, 6) is 2.37. The van der Waals surface area contributed by atoms with Crippen molar-refractivity contribution in [3.63, 3.8) is 0 Å². The van der Waals surface area contributed by atoms with Crippen molar-refractivity contribution >= 4 is 10.1 Å². The molecule has 0 saturated heterocycles. The van der Waals surface area contributed by atoms with Gasteiger partial charge in [-0.1, -0.05) is 61.4 Å². The predicted octanol–water partition coefficient (Wildman–Crippen LogP) is 8.18. The van der Waals surface area contributed by atoms with E-state index in [9.17, 15) is 8.42 Å². The number of hydrogen-bond acceptors (Lipinski definition) is 5. The fraction of sp³-hybridized carbons (Fsp3) is 0.471. The molecule has 0 fully saturated rings. The van der Waals surface area contributed by atoms with Crippen LogP contribution in [0.15, 0.2) is 59.5 Å². The molecule has 6 heteroatoms. The average molecular weight is 565 g/mol. The summed E-state index contributed by atoms with van der Waals surface area (Å²) in [5, 5.41) is 0. The third-order valence-corrected chi connectivity index (χ3v) is 9.68. The molecule has 4 rings (SSSR count). The van der Waals surface area contributed by atoms with E-state index in [4.69, 9.17) is 13.7 Å². The molecule has 0 unspecified atom stereocenters. The number of aryl methyl sites for hydroxylation is 1. The third kappa shape index (κ3) is 7.27. The molecule has 216 valence electrons. The molecule has 1 aliphatic rings. The molecule has 0 saturated carbocycles. The zero-order chi connectivity index (χ0) is 28.9. The van der Waals surface area contributed by atoms with E-state index in [0.717, 1.165) is 65.9 Å². The molecule has 0 aliphatic carbocycles. The minimum atomic E-state index is -3.71. The van der Waals surface area contributed by atoms with Gasteiger partial charge in [-0.3, -0.25) is 4.18 Å². The Balaban J connectivity index is 1.29. The lowest BCUT2D eigenvalue weighted by Gasteiger charge is -2.38.